The Labute approximate surface area is 172 Å². The predicted octanol–water partition coefficient (Wildman–Crippen LogP) is 0.435. The lowest BCUT2D eigenvalue weighted by atomic mass is 10.0. The fourth-order valence-electron chi connectivity index (χ4n) is 2.82. The van der Waals surface area contributed by atoms with E-state index in [-0.39, 0.29) is 6.42 Å². The number of hydrogen-bond donors (Lipinski definition) is 1. The third kappa shape index (κ3) is 5.30. The number of ether oxygens (including phenoxy) is 2. The van der Waals surface area contributed by atoms with Crippen LogP contribution in [0.15, 0.2) is 28.7 Å². The first-order chi connectivity index (χ1) is 14.0. The molecule has 1 aliphatic heterocycles. The Morgan fingerprint density at radius 2 is 2.14 bits per heavy atom. The van der Waals surface area contributed by atoms with E-state index in [0.29, 0.717) is 41.5 Å². The maximum atomic E-state index is 12.4. The number of aromatic nitrogens is 1. The maximum absolute atomic E-state index is 12.4. The molecule has 154 valence electrons. The Morgan fingerprint density at radius 1 is 1.38 bits per heavy atom. The molecule has 3 rings (SSSR count). The topological polar surface area (TPSA) is 116 Å². The van der Waals surface area contributed by atoms with Crippen molar-refractivity contribution in [3.05, 3.63) is 40.4 Å². The minimum absolute atomic E-state index is 0.278. The molecule has 1 aliphatic rings. The molecule has 0 radical (unpaired) electrons. The van der Waals surface area contributed by atoms with Gasteiger partial charge in [0.05, 0.1) is 26.0 Å². The number of hydrazone groups is 1. The Balaban J connectivity index is 1.68. The van der Waals surface area contributed by atoms with Gasteiger partial charge in [0.1, 0.15) is 11.4 Å². The highest BCUT2D eigenvalue weighted by molar-refractivity contribution is 7.13. The molecule has 9 nitrogen and oxygen atoms in total. The fourth-order valence-corrected chi connectivity index (χ4v) is 3.68. The Kier molecular flexibility index (Phi) is 6.78. The van der Waals surface area contributed by atoms with Crippen LogP contribution in [0.1, 0.15) is 28.5 Å². The van der Waals surface area contributed by atoms with Gasteiger partial charge < -0.3 is 24.3 Å². The van der Waals surface area contributed by atoms with Gasteiger partial charge in [0.2, 0.25) is 0 Å². The normalized spacial score (nSPS) is 14.6. The summed E-state index contributed by atoms with van der Waals surface area (Å²) in [6.45, 7) is 4.50. The molecule has 2 heterocycles. The van der Waals surface area contributed by atoms with Crippen LogP contribution in [0.25, 0.3) is 0 Å². The number of rotatable bonds is 7. The SMILES string of the molecule is COc1ccc(/C(C)=N\NC(=O)c2csc(N3CCOCC3)n2)cc1CC(=O)[O-]. The van der Waals surface area contributed by atoms with E-state index in [1.165, 1.54) is 18.4 Å². The fraction of sp³-hybridized carbons (Fsp3) is 0.368. The molecule has 0 atom stereocenters. The molecular weight excluding hydrogens is 396 g/mol. The monoisotopic (exact) mass is 417 g/mol. The second-order valence-electron chi connectivity index (χ2n) is 6.33. The molecule has 0 saturated carbocycles. The summed E-state index contributed by atoms with van der Waals surface area (Å²) in [5.74, 6) is -1.17. The summed E-state index contributed by atoms with van der Waals surface area (Å²) in [7, 11) is 1.47. The van der Waals surface area contributed by atoms with Crippen LogP contribution in [0, 0.1) is 0 Å². The summed E-state index contributed by atoms with van der Waals surface area (Å²) in [5, 5.41) is 17.5. The molecule has 2 aromatic rings. The van der Waals surface area contributed by atoms with Gasteiger partial charge in [0.15, 0.2) is 5.13 Å². The zero-order valence-electron chi connectivity index (χ0n) is 16.1. The summed E-state index contributed by atoms with van der Waals surface area (Å²) >= 11 is 1.40. The first-order valence-corrected chi connectivity index (χ1v) is 9.86. The maximum Gasteiger partial charge on any atom is 0.290 e. The van der Waals surface area contributed by atoms with Crippen LogP contribution in [0.4, 0.5) is 5.13 Å². The number of thiazole rings is 1. The van der Waals surface area contributed by atoms with Crippen molar-refractivity contribution >= 4 is 34.1 Å². The molecule has 0 bridgehead atoms. The van der Waals surface area contributed by atoms with Gasteiger partial charge in [-0.3, -0.25) is 4.79 Å². The molecule has 29 heavy (non-hydrogen) atoms. The zero-order chi connectivity index (χ0) is 20.8. The third-order valence-electron chi connectivity index (χ3n) is 4.36. The lowest BCUT2D eigenvalue weighted by Crippen LogP contribution is -2.36. The lowest BCUT2D eigenvalue weighted by Gasteiger charge is -2.25. The van der Waals surface area contributed by atoms with Crippen molar-refractivity contribution in [1.29, 1.82) is 0 Å². The van der Waals surface area contributed by atoms with Gasteiger partial charge >= 0.3 is 0 Å². The second-order valence-corrected chi connectivity index (χ2v) is 7.16. The van der Waals surface area contributed by atoms with Gasteiger partial charge in [-0.2, -0.15) is 5.10 Å². The number of anilines is 1. The predicted molar refractivity (Wildman–Crippen MR) is 107 cm³/mol. The van der Waals surface area contributed by atoms with Crippen molar-refractivity contribution in [2.45, 2.75) is 13.3 Å². The highest BCUT2D eigenvalue weighted by atomic mass is 32.1. The van der Waals surface area contributed by atoms with Gasteiger partial charge in [0, 0.05) is 36.4 Å². The minimum atomic E-state index is -1.21. The summed E-state index contributed by atoms with van der Waals surface area (Å²) in [6.07, 6.45) is -0.278. The van der Waals surface area contributed by atoms with Crippen molar-refractivity contribution in [2.75, 3.05) is 38.3 Å². The summed E-state index contributed by atoms with van der Waals surface area (Å²) in [4.78, 5) is 29.8. The average Bonchev–Trinajstić information content (AvgIpc) is 3.22. The second kappa shape index (κ2) is 9.48. The van der Waals surface area contributed by atoms with E-state index < -0.39 is 11.9 Å². The van der Waals surface area contributed by atoms with E-state index in [0.717, 1.165) is 18.2 Å². The van der Waals surface area contributed by atoms with Gasteiger partial charge in [0.25, 0.3) is 5.91 Å². The van der Waals surface area contributed by atoms with Crippen LogP contribution in [0.5, 0.6) is 5.75 Å². The third-order valence-corrected chi connectivity index (χ3v) is 5.27. The van der Waals surface area contributed by atoms with Crippen LogP contribution in [0.2, 0.25) is 0 Å². The number of nitrogens with one attached hydrogen (secondary N) is 1. The van der Waals surface area contributed by atoms with E-state index in [2.05, 4.69) is 20.4 Å². The van der Waals surface area contributed by atoms with Crippen molar-refractivity contribution in [3.63, 3.8) is 0 Å². The molecule has 1 amide bonds. The number of carboxylic acids is 1. The lowest BCUT2D eigenvalue weighted by molar-refractivity contribution is -0.304. The molecule has 1 fully saturated rings. The van der Waals surface area contributed by atoms with Gasteiger partial charge in [-0.25, -0.2) is 10.4 Å². The molecule has 0 aliphatic carbocycles. The van der Waals surface area contributed by atoms with Crippen LogP contribution in [-0.4, -0.2) is 56.0 Å². The summed E-state index contributed by atoms with van der Waals surface area (Å²) in [5.41, 5.74) is 4.44. The van der Waals surface area contributed by atoms with Gasteiger partial charge in [-0.15, -0.1) is 11.3 Å². The van der Waals surface area contributed by atoms with E-state index in [1.807, 2.05) is 0 Å². The Morgan fingerprint density at radius 3 is 2.83 bits per heavy atom. The van der Waals surface area contributed by atoms with Crippen molar-refractivity contribution in [3.8, 4) is 5.75 Å². The number of carbonyl (C=O) groups is 2. The van der Waals surface area contributed by atoms with E-state index in [9.17, 15) is 14.7 Å². The van der Waals surface area contributed by atoms with Crippen molar-refractivity contribution in [2.24, 2.45) is 5.10 Å². The number of amides is 1. The van der Waals surface area contributed by atoms with Gasteiger partial charge in [-0.1, -0.05) is 0 Å². The number of hydrogen-bond acceptors (Lipinski definition) is 9. The summed E-state index contributed by atoms with van der Waals surface area (Å²) < 4.78 is 10.5. The highest BCUT2D eigenvalue weighted by Crippen LogP contribution is 2.22. The molecule has 10 heteroatoms. The summed E-state index contributed by atoms with van der Waals surface area (Å²) in [6, 6.07) is 5.05. The first kappa shape index (κ1) is 20.7. The van der Waals surface area contributed by atoms with E-state index >= 15 is 0 Å². The van der Waals surface area contributed by atoms with Crippen molar-refractivity contribution in [1.82, 2.24) is 10.4 Å². The largest absolute Gasteiger partial charge is 0.550 e. The first-order valence-electron chi connectivity index (χ1n) is 8.98. The zero-order valence-corrected chi connectivity index (χ0v) is 17.0. The number of benzene rings is 1. The Bertz CT molecular complexity index is 921. The van der Waals surface area contributed by atoms with E-state index in [1.54, 1.807) is 30.5 Å². The molecule has 0 spiro atoms. The smallest absolute Gasteiger partial charge is 0.290 e. The number of aliphatic carboxylic acids is 1. The van der Waals surface area contributed by atoms with Crippen molar-refractivity contribution < 1.29 is 24.2 Å². The van der Waals surface area contributed by atoms with E-state index in [4.69, 9.17) is 9.47 Å². The number of carbonyl (C=O) groups excluding carboxylic acids is 2. The quantitative estimate of drug-likeness (QED) is 0.513. The van der Waals surface area contributed by atoms with Crippen LogP contribution in [0.3, 0.4) is 0 Å². The number of methoxy groups -OCH3 is 1. The van der Waals surface area contributed by atoms with Crippen LogP contribution < -0.4 is 20.2 Å². The molecule has 0 unspecified atom stereocenters. The molecule has 1 aromatic carbocycles. The number of nitrogens with zero attached hydrogens (tertiary/aromatic N) is 3. The Hall–Kier alpha value is -2.98. The molecule has 1 aromatic heterocycles. The average molecular weight is 417 g/mol. The molecular formula is C19H21N4O5S-. The highest BCUT2D eigenvalue weighted by Gasteiger charge is 2.17. The van der Waals surface area contributed by atoms with Crippen LogP contribution in [-0.2, 0) is 16.0 Å². The standard InChI is InChI=1S/C19H22N4O5S/c1-12(13-3-4-16(27-2)14(9-13)10-17(24)25)21-22-18(26)15-11-29-19(20-15)23-5-7-28-8-6-23/h3-4,9,11H,5-8,10H2,1-2H3,(H,22,26)(H,24,25)/p-1/b21-12-. The molecule has 1 N–H and O–H groups in total. The number of carboxylic acid groups (broad SMARTS) is 1. The number of morpholine rings is 1. The van der Waals surface area contributed by atoms with Gasteiger partial charge in [-0.05, 0) is 30.7 Å². The van der Waals surface area contributed by atoms with Crippen LogP contribution >= 0.6 is 11.3 Å². The molecule has 1 saturated heterocycles. The minimum Gasteiger partial charge on any atom is -0.550 e.